The second-order valence-electron chi connectivity index (χ2n) is 6.99. The first-order chi connectivity index (χ1) is 10.6. The predicted octanol–water partition coefficient (Wildman–Crippen LogP) is 3.58. The summed E-state index contributed by atoms with van der Waals surface area (Å²) in [5, 5.41) is 14.8. The van der Waals surface area contributed by atoms with Gasteiger partial charge in [-0.25, -0.2) is 0 Å². The minimum Gasteiger partial charge on any atom is -0.392 e. The SMILES string of the molecule is C[C@H]1CC[C@H](O)CNCCc2c([nH]c3ccccc23)[C@H](C)C1. The molecule has 3 heteroatoms. The normalized spacial score (nSPS) is 27.9. The molecule has 1 aliphatic heterocycles. The van der Waals surface area contributed by atoms with Crippen molar-refractivity contribution in [1.82, 2.24) is 10.3 Å². The molecule has 0 fully saturated rings. The Kier molecular flexibility index (Phi) is 4.84. The molecule has 0 unspecified atom stereocenters. The topological polar surface area (TPSA) is 48.0 Å². The van der Waals surface area contributed by atoms with Crippen LogP contribution in [0.3, 0.4) is 0 Å². The van der Waals surface area contributed by atoms with Crippen molar-refractivity contribution in [3.63, 3.8) is 0 Å². The molecule has 2 heterocycles. The van der Waals surface area contributed by atoms with E-state index in [0.29, 0.717) is 18.4 Å². The van der Waals surface area contributed by atoms with E-state index in [1.54, 1.807) is 0 Å². The third-order valence-electron chi connectivity index (χ3n) is 5.02. The largest absolute Gasteiger partial charge is 0.392 e. The lowest BCUT2D eigenvalue weighted by Crippen LogP contribution is -2.29. The van der Waals surface area contributed by atoms with Gasteiger partial charge in [0.2, 0.25) is 0 Å². The molecule has 0 saturated heterocycles. The number of hydrogen-bond donors (Lipinski definition) is 3. The van der Waals surface area contributed by atoms with Crippen molar-refractivity contribution < 1.29 is 5.11 Å². The number of H-pyrrole nitrogens is 1. The highest BCUT2D eigenvalue weighted by Crippen LogP contribution is 2.32. The van der Waals surface area contributed by atoms with Crippen LogP contribution in [-0.4, -0.2) is 29.3 Å². The summed E-state index contributed by atoms with van der Waals surface area (Å²) < 4.78 is 0. The van der Waals surface area contributed by atoms with Crippen molar-refractivity contribution in [2.24, 2.45) is 5.92 Å². The summed E-state index contributed by atoms with van der Waals surface area (Å²) >= 11 is 0. The van der Waals surface area contributed by atoms with E-state index < -0.39 is 0 Å². The van der Waals surface area contributed by atoms with Gasteiger partial charge < -0.3 is 15.4 Å². The lowest BCUT2D eigenvalue weighted by Gasteiger charge is -2.21. The number of aliphatic hydroxyl groups is 1. The lowest BCUT2D eigenvalue weighted by molar-refractivity contribution is 0.151. The zero-order valence-corrected chi connectivity index (χ0v) is 13.7. The maximum absolute atomic E-state index is 10.0. The van der Waals surface area contributed by atoms with Gasteiger partial charge in [-0.05, 0) is 55.7 Å². The highest BCUT2D eigenvalue weighted by molar-refractivity contribution is 5.84. The van der Waals surface area contributed by atoms with Crippen molar-refractivity contribution in [3.05, 3.63) is 35.5 Å². The van der Waals surface area contributed by atoms with E-state index in [4.69, 9.17) is 0 Å². The van der Waals surface area contributed by atoms with E-state index in [9.17, 15) is 5.11 Å². The molecule has 0 bridgehead atoms. The molecule has 1 aromatic carbocycles. The molecule has 3 N–H and O–H groups in total. The smallest absolute Gasteiger partial charge is 0.0664 e. The number of aliphatic hydroxyl groups excluding tert-OH is 1. The zero-order chi connectivity index (χ0) is 15.5. The highest BCUT2D eigenvalue weighted by Gasteiger charge is 2.20. The quantitative estimate of drug-likeness (QED) is 0.696. The van der Waals surface area contributed by atoms with Crippen molar-refractivity contribution in [3.8, 4) is 0 Å². The lowest BCUT2D eigenvalue weighted by atomic mass is 9.88. The maximum Gasteiger partial charge on any atom is 0.0664 e. The molecule has 3 nitrogen and oxygen atoms in total. The minimum absolute atomic E-state index is 0.209. The highest BCUT2D eigenvalue weighted by atomic mass is 16.3. The van der Waals surface area contributed by atoms with E-state index in [1.165, 1.54) is 28.6 Å². The fourth-order valence-electron chi connectivity index (χ4n) is 3.81. The number of fused-ring (bicyclic) bond motifs is 3. The first-order valence-electron chi connectivity index (χ1n) is 8.63. The second kappa shape index (κ2) is 6.84. The Bertz CT molecular complexity index is 619. The van der Waals surface area contributed by atoms with Crippen molar-refractivity contribution in [2.75, 3.05) is 13.1 Å². The van der Waals surface area contributed by atoms with E-state index in [-0.39, 0.29) is 6.10 Å². The fraction of sp³-hybridized carbons (Fsp3) is 0.579. The third-order valence-corrected chi connectivity index (χ3v) is 5.02. The number of rotatable bonds is 0. The number of benzene rings is 1. The van der Waals surface area contributed by atoms with Crippen LogP contribution in [0.15, 0.2) is 24.3 Å². The molecule has 3 rings (SSSR count). The fourth-order valence-corrected chi connectivity index (χ4v) is 3.81. The van der Waals surface area contributed by atoms with Gasteiger partial charge in [-0.2, -0.15) is 0 Å². The first kappa shape index (κ1) is 15.6. The van der Waals surface area contributed by atoms with Crippen molar-refractivity contribution in [2.45, 2.75) is 51.6 Å². The van der Waals surface area contributed by atoms with Gasteiger partial charge in [-0.3, -0.25) is 0 Å². The summed E-state index contributed by atoms with van der Waals surface area (Å²) in [4.78, 5) is 3.67. The Morgan fingerprint density at radius 3 is 2.82 bits per heavy atom. The average Bonchev–Trinajstić information content (AvgIpc) is 2.87. The van der Waals surface area contributed by atoms with Gasteiger partial charge in [0, 0.05) is 23.1 Å². The van der Waals surface area contributed by atoms with Crippen LogP contribution in [0, 0.1) is 5.92 Å². The third kappa shape index (κ3) is 3.36. The monoisotopic (exact) mass is 300 g/mol. The number of aromatic nitrogens is 1. The molecule has 0 radical (unpaired) electrons. The standard InChI is InChI=1S/C19H28N2O/c1-13-7-8-15(22)12-20-10-9-17-16-5-3-4-6-18(16)21-19(17)14(2)11-13/h3-6,13-15,20-22H,7-12H2,1-2H3/t13-,14+,15-/m0/s1. The molecular weight excluding hydrogens is 272 g/mol. The summed E-state index contributed by atoms with van der Waals surface area (Å²) in [7, 11) is 0. The van der Waals surface area contributed by atoms with Gasteiger partial charge in [0.1, 0.15) is 0 Å². The van der Waals surface area contributed by atoms with Gasteiger partial charge >= 0.3 is 0 Å². The second-order valence-corrected chi connectivity index (χ2v) is 6.99. The van der Waals surface area contributed by atoms with E-state index in [1.807, 2.05) is 0 Å². The van der Waals surface area contributed by atoms with Crippen LogP contribution >= 0.6 is 0 Å². The van der Waals surface area contributed by atoms with Gasteiger partial charge in [0.25, 0.3) is 0 Å². The molecule has 0 amide bonds. The number of hydrogen-bond acceptors (Lipinski definition) is 2. The average molecular weight is 300 g/mol. The Labute approximate surface area is 133 Å². The number of para-hydroxylation sites is 1. The van der Waals surface area contributed by atoms with Gasteiger partial charge in [0.05, 0.1) is 6.10 Å². The summed E-state index contributed by atoms with van der Waals surface area (Å²) in [5.41, 5.74) is 4.12. The van der Waals surface area contributed by atoms with E-state index in [0.717, 1.165) is 25.8 Å². The summed E-state index contributed by atoms with van der Waals surface area (Å²) in [6.45, 7) is 6.28. The Hall–Kier alpha value is -1.32. The zero-order valence-electron chi connectivity index (χ0n) is 13.7. The maximum atomic E-state index is 10.0. The molecule has 3 atom stereocenters. The summed E-state index contributed by atoms with van der Waals surface area (Å²) in [6, 6.07) is 8.62. The number of aromatic amines is 1. The van der Waals surface area contributed by atoms with Gasteiger partial charge in [-0.1, -0.05) is 32.0 Å². The van der Waals surface area contributed by atoms with Crippen molar-refractivity contribution in [1.29, 1.82) is 0 Å². The van der Waals surface area contributed by atoms with E-state index >= 15 is 0 Å². The summed E-state index contributed by atoms with van der Waals surface area (Å²) in [6.07, 6.45) is 3.99. The molecule has 1 aliphatic rings. The Morgan fingerprint density at radius 1 is 1.14 bits per heavy atom. The predicted molar refractivity (Wildman–Crippen MR) is 92.3 cm³/mol. The van der Waals surface area contributed by atoms with E-state index in [2.05, 4.69) is 48.4 Å². The summed E-state index contributed by atoms with van der Waals surface area (Å²) in [5.74, 6) is 1.18. The van der Waals surface area contributed by atoms with Crippen LogP contribution in [0.4, 0.5) is 0 Å². The first-order valence-corrected chi connectivity index (χ1v) is 8.63. The van der Waals surface area contributed by atoms with Gasteiger partial charge in [0.15, 0.2) is 0 Å². The number of β-amino-alcohol motifs (C(OH)–C–C–N with tert-alkyl or cyclic N) is 1. The van der Waals surface area contributed by atoms with Crippen LogP contribution in [-0.2, 0) is 6.42 Å². The van der Waals surface area contributed by atoms with Crippen LogP contribution in [0.25, 0.3) is 10.9 Å². The molecule has 0 saturated carbocycles. The van der Waals surface area contributed by atoms with Crippen LogP contribution in [0.1, 0.15) is 50.3 Å². The van der Waals surface area contributed by atoms with Crippen LogP contribution < -0.4 is 5.32 Å². The Morgan fingerprint density at radius 2 is 1.95 bits per heavy atom. The van der Waals surface area contributed by atoms with Crippen LogP contribution in [0.5, 0.6) is 0 Å². The molecular formula is C19H28N2O. The van der Waals surface area contributed by atoms with Crippen LogP contribution in [0.2, 0.25) is 0 Å². The molecule has 2 aromatic rings. The molecule has 0 spiro atoms. The molecule has 22 heavy (non-hydrogen) atoms. The minimum atomic E-state index is -0.209. The molecule has 1 aromatic heterocycles. The van der Waals surface area contributed by atoms with Crippen molar-refractivity contribution >= 4 is 10.9 Å². The molecule has 120 valence electrons. The molecule has 0 aliphatic carbocycles. The number of nitrogens with one attached hydrogen (secondary N) is 2. The van der Waals surface area contributed by atoms with Gasteiger partial charge in [-0.15, -0.1) is 0 Å². The Balaban J connectivity index is 1.93.